The molecule has 0 radical (unpaired) electrons. The molecule has 0 saturated heterocycles. The molecule has 2 aromatic carbocycles. The van der Waals surface area contributed by atoms with Crippen molar-refractivity contribution in [1.29, 1.82) is 0 Å². The van der Waals surface area contributed by atoms with Gasteiger partial charge in [0.05, 0.1) is 0 Å². The summed E-state index contributed by atoms with van der Waals surface area (Å²) >= 11 is 0. The Hall–Kier alpha value is -1.76. The molecular formula is C14H14O. The maximum absolute atomic E-state index is 9.72. The fraction of sp³-hybridized carbons (Fsp3) is 0.143. The van der Waals surface area contributed by atoms with E-state index >= 15 is 0 Å². The molecule has 1 N–H and O–H groups in total. The monoisotopic (exact) mass is 198 g/mol. The third kappa shape index (κ3) is 1.86. The number of para-hydroxylation sites is 1. The molecule has 0 heterocycles. The van der Waals surface area contributed by atoms with Crippen LogP contribution in [0.5, 0.6) is 5.75 Å². The fourth-order valence-corrected chi connectivity index (χ4v) is 1.63. The van der Waals surface area contributed by atoms with Crippen molar-refractivity contribution in [3.05, 3.63) is 53.6 Å². The van der Waals surface area contributed by atoms with Gasteiger partial charge in [0.25, 0.3) is 0 Å². The average Bonchev–Trinajstić information content (AvgIpc) is 2.23. The van der Waals surface area contributed by atoms with Crippen LogP contribution >= 0.6 is 0 Å². The first kappa shape index (κ1) is 9.78. The van der Waals surface area contributed by atoms with Gasteiger partial charge in [-0.1, -0.05) is 36.4 Å². The van der Waals surface area contributed by atoms with E-state index < -0.39 is 0 Å². The van der Waals surface area contributed by atoms with Crippen molar-refractivity contribution in [3.8, 4) is 16.9 Å². The van der Waals surface area contributed by atoms with Crippen LogP contribution in [0.1, 0.15) is 11.1 Å². The summed E-state index contributed by atoms with van der Waals surface area (Å²) in [6.07, 6.45) is 0. The van der Waals surface area contributed by atoms with E-state index in [2.05, 4.69) is 26.0 Å². The number of hydrogen-bond acceptors (Lipinski definition) is 1. The quantitative estimate of drug-likeness (QED) is 0.741. The van der Waals surface area contributed by atoms with E-state index in [1.165, 1.54) is 11.1 Å². The van der Waals surface area contributed by atoms with Crippen LogP contribution in [0.25, 0.3) is 11.1 Å². The highest BCUT2D eigenvalue weighted by Gasteiger charge is 2.03. The van der Waals surface area contributed by atoms with E-state index in [-0.39, 0.29) is 0 Å². The lowest BCUT2D eigenvalue weighted by atomic mass is 10.00. The van der Waals surface area contributed by atoms with Gasteiger partial charge in [-0.25, -0.2) is 0 Å². The third-order valence-electron chi connectivity index (χ3n) is 2.72. The molecule has 2 aromatic rings. The van der Waals surface area contributed by atoms with Crippen LogP contribution in [0.15, 0.2) is 42.5 Å². The lowest BCUT2D eigenvalue weighted by Gasteiger charge is -2.07. The molecule has 0 aliphatic carbocycles. The SMILES string of the molecule is Cc1ccc(-c2ccccc2O)cc1C. The van der Waals surface area contributed by atoms with Gasteiger partial charge in [-0.2, -0.15) is 0 Å². The molecule has 76 valence electrons. The predicted octanol–water partition coefficient (Wildman–Crippen LogP) is 3.68. The molecule has 0 fully saturated rings. The first-order valence-electron chi connectivity index (χ1n) is 5.04. The molecule has 0 saturated carbocycles. The molecule has 0 aliphatic heterocycles. The smallest absolute Gasteiger partial charge is 0.123 e. The van der Waals surface area contributed by atoms with Crippen molar-refractivity contribution >= 4 is 0 Å². The normalized spacial score (nSPS) is 10.3. The molecule has 0 aromatic heterocycles. The molecule has 0 amide bonds. The van der Waals surface area contributed by atoms with Crippen LogP contribution in [-0.2, 0) is 0 Å². The van der Waals surface area contributed by atoms with Crippen molar-refractivity contribution in [2.24, 2.45) is 0 Å². The summed E-state index contributed by atoms with van der Waals surface area (Å²) in [6.45, 7) is 4.17. The van der Waals surface area contributed by atoms with E-state index in [4.69, 9.17) is 0 Å². The maximum atomic E-state index is 9.72. The molecular weight excluding hydrogens is 184 g/mol. The summed E-state index contributed by atoms with van der Waals surface area (Å²) in [6, 6.07) is 13.6. The number of aryl methyl sites for hydroxylation is 2. The van der Waals surface area contributed by atoms with Gasteiger partial charge in [0.1, 0.15) is 5.75 Å². The summed E-state index contributed by atoms with van der Waals surface area (Å²) in [5.41, 5.74) is 4.47. The first-order chi connectivity index (χ1) is 7.18. The molecule has 0 unspecified atom stereocenters. The summed E-state index contributed by atoms with van der Waals surface area (Å²) < 4.78 is 0. The van der Waals surface area contributed by atoms with Crippen LogP contribution in [0, 0.1) is 13.8 Å². The number of aromatic hydroxyl groups is 1. The van der Waals surface area contributed by atoms with Crippen molar-refractivity contribution < 1.29 is 5.11 Å². The van der Waals surface area contributed by atoms with E-state index in [1.807, 2.05) is 24.3 Å². The van der Waals surface area contributed by atoms with Crippen molar-refractivity contribution in [3.63, 3.8) is 0 Å². The topological polar surface area (TPSA) is 20.2 Å². The minimum absolute atomic E-state index is 0.334. The van der Waals surface area contributed by atoms with Gasteiger partial charge < -0.3 is 5.11 Å². The van der Waals surface area contributed by atoms with Gasteiger partial charge in [0.15, 0.2) is 0 Å². The molecule has 0 atom stereocenters. The van der Waals surface area contributed by atoms with E-state index in [9.17, 15) is 5.11 Å². The van der Waals surface area contributed by atoms with Crippen LogP contribution in [-0.4, -0.2) is 5.11 Å². The zero-order valence-corrected chi connectivity index (χ0v) is 8.99. The Bertz CT molecular complexity index is 486. The summed E-state index contributed by atoms with van der Waals surface area (Å²) in [7, 11) is 0. The lowest BCUT2D eigenvalue weighted by Crippen LogP contribution is -1.83. The Balaban J connectivity index is 2.55. The maximum Gasteiger partial charge on any atom is 0.123 e. The summed E-state index contributed by atoms with van der Waals surface area (Å²) in [5.74, 6) is 0.334. The Kier molecular flexibility index (Phi) is 2.46. The number of benzene rings is 2. The summed E-state index contributed by atoms with van der Waals surface area (Å²) in [5, 5.41) is 9.72. The van der Waals surface area contributed by atoms with Crippen molar-refractivity contribution in [2.45, 2.75) is 13.8 Å². The number of rotatable bonds is 1. The molecule has 1 nitrogen and oxygen atoms in total. The van der Waals surface area contributed by atoms with Gasteiger partial charge in [-0.3, -0.25) is 0 Å². The summed E-state index contributed by atoms with van der Waals surface area (Å²) in [4.78, 5) is 0. The van der Waals surface area contributed by atoms with Crippen molar-refractivity contribution in [2.75, 3.05) is 0 Å². The van der Waals surface area contributed by atoms with Gasteiger partial charge in [0, 0.05) is 5.56 Å². The second kappa shape index (κ2) is 3.77. The second-order valence-corrected chi connectivity index (χ2v) is 3.82. The van der Waals surface area contributed by atoms with Crippen LogP contribution < -0.4 is 0 Å². The standard InChI is InChI=1S/C14H14O/c1-10-7-8-12(9-11(10)2)13-5-3-4-6-14(13)15/h3-9,15H,1-2H3. The Labute approximate surface area is 90.0 Å². The van der Waals surface area contributed by atoms with Gasteiger partial charge in [-0.05, 0) is 36.6 Å². The fourth-order valence-electron chi connectivity index (χ4n) is 1.63. The number of hydrogen-bond donors (Lipinski definition) is 1. The van der Waals surface area contributed by atoms with Crippen LogP contribution in [0.3, 0.4) is 0 Å². The zero-order chi connectivity index (χ0) is 10.8. The minimum Gasteiger partial charge on any atom is -0.507 e. The largest absolute Gasteiger partial charge is 0.507 e. The first-order valence-corrected chi connectivity index (χ1v) is 5.04. The van der Waals surface area contributed by atoms with Gasteiger partial charge in [-0.15, -0.1) is 0 Å². The molecule has 0 aliphatic rings. The Morgan fingerprint density at radius 1 is 0.867 bits per heavy atom. The average molecular weight is 198 g/mol. The highest BCUT2D eigenvalue weighted by atomic mass is 16.3. The molecule has 0 spiro atoms. The Morgan fingerprint density at radius 2 is 1.60 bits per heavy atom. The number of phenols is 1. The lowest BCUT2D eigenvalue weighted by molar-refractivity contribution is 0.477. The Morgan fingerprint density at radius 3 is 2.27 bits per heavy atom. The van der Waals surface area contributed by atoms with Crippen LogP contribution in [0.2, 0.25) is 0 Å². The molecule has 0 bridgehead atoms. The number of phenolic OH excluding ortho intramolecular Hbond substituents is 1. The molecule has 1 heteroatoms. The second-order valence-electron chi connectivity index (χ2n) is 3.82. The molecule has 15 heavy (non-hydrogen) atoms. The van der Waals surface area contributed by atoms with E-state index in [0.717, 1.165) is 11.1 Å². The molecule has 2 rings (SSSR count). The van der Waals surface area contributed by atoms with E-state index in [1.54, 1.807) is 6.07 Å². The zero-order valence-electron chi connectivity index (χ0n) is 8.99. The highest BCUT2D eigenvalue weighted by Crippen LogP contribution is 2.29. The van der Waals surface area contributed by atoms with Gasteiger partial charge in [0.2, 0.25) is 0 Å². The van der Waals surface area contributed by atoms with Crippen LogP contribution in [0.4, 0.5) is 0 Å². The highest BCUT2D eigenvalue weighted by molar-refractivity contribution is 5.70. The predicted molar refractivity (Wildman–Crippen MR) is 63.0 cm³/mol. The minimum atomic E-state index is 0.334. The third-order valence-corrected chi connectivity index (χ3v) is 2.72. The van der Waals surface area contributed by atoms with Gasteiger partial charge >= 0.3 is 0 Å². The van der Waals surface area contributed by atoms with E-state index in [0.29, 0.717) is 5.75 Å². The van der Waals surface area contributed by atoms with Crippen molar-refractivity contribution in [1.82, 2.24) is 0 Å².